The molecule has 8 heteroatoms. The second-order valence-electron chi connectivity index (χ2n) is 5.15. The maximum atomic E-state index is 5.89. The van der Waals surface area contributed by atoms with Crippen molar-refractivity contribution in [3.63, 3.8) is 0 Å². The Hall–Kier alpha value is -2.93. The number of nitrogens with one attached hydrogen (secondary N) is 2. The maximum absolute atomic E-state index is 5.89. The van der Waals surface area contributed by atoms with Gasteiger partial charge >= 0.3 is 0 Å². The fourth-order valence-electron chi connectivity index (χ4n) is 2.60. The van der Waals surface area contributed by atoms with Crippen LogP contribution in [0.15, 0.2) is 36.4 Å². The van der Waals surface area contributed by atoms with Crippen LogP contribution in [0.5, 0.6) is 11.5 Å². The van der Waals surface area contributed by atoms with Crippen molar-refractivity contribution in [3.8, 4) is 11.5 Å². The van der Waals surface area contributed by atoms with Crippen LogP contribution >= 0.6 is 11.6 Å². The summed E-state index contributed by atoms with van der Waals surface area (Å²) in [5, 5.41) is 7.04. The Balaban J connectivity index is 1.58. The molecule has 0 aliphatic carbocycles. The van der Waals surface area contributed by atoms with Crippen LogP contribution in [0, 0.1) is 0 Å². The van der Waals surface area contributed by atoms with E-state index in [1.165, 1.54) is 0 Å². The smallest absolute Gasteiger partial charge is 0.253 e. The summed E-state index contributed by atoms with van der Waals surface area (Å²) in [5.74, 6) is 2.58. The minimum Gasteiger partial charge on any atom is -0.454 e. The average Bonchev–Trinajstić information content (AvgIpc) is 3.21. The molecule has 0 fully saturated rings. The van der Waals surface area contributed by atoms with Gasteiger partial charge in [-0.05, 0) is 24.3 Å². The van der Waals surface area contributed by atoms with Crippen LogP contribution in [0.2, 0.25) is 5.02 Å². The predicted octanol–water partition coefficient (Wildman–Crippen LogP) is 3.34. The molecule has 2 N–H and O–H groups in total. The van der Waals surface area contributed by atoms with Gasteiger partial charge in [0, 0.05) is 22.8 Å². The molecule has 0 atom stereocenters. The lowest BCUT2D eigenvalue weighted by atomic mass is 10.3. The van der Waals surface area contributed by atoms with Gasteiger partial charge < -0.3 is 14.8 Å². The van der Waals surface area contributed by atoms with E-state index in [-0.39, 0.29) is 6.79 Å². The van der Waals surface area contributed by atoms with E-state index in [9.17, 15) is 0 Å². The van der Waals surface area contributed by atoms with Crippen LogP contribution < -0.4 is 14.8 Å². The summed E-state index contributed by atoms with van der Waals surface area (Å²) < 4.78 is 12.6. The quantitative estimate of drug-likeness (QED) is 0.590. The summed E-state index contributed by atoms with van der Waals surface area (Å²) in [6.07, 6.45) is 0. The number of fused-ring (bicyclic) bond motifs is 4. The van der Waals surface area contributed by atoms with Gasteiger partial charge in [0.2, 0.25) is 12.7 Å². The number of nitrogens with zero attached hydrogens (tertiary/aromatic N) is 3. The van der Waals surface area contributed by atoms with Gasteiger partial charge in [-0.3, -0.25) is 5.10 Å². The van der Waals surface area contributed by atoms with Crippen LogP contribution in [0.3, 0.4) is 0 Å². The van der Waals surface area contributed by atoms with Gasteiger partial charge in [-0.25, -0.2) is 9.50 Å². The molecule has 3 heterocycles. The second-order valence-corrected chi connectivity index (χ2v) is 5.58. The van der Waals surface area contributed by atoms with Crippen LogP contribution in [-0.4, -0.2) is 26.4 Å². The number of hydrogen-bond donors (Lipinski definition) is 2. The van der Waals surface area contributed by atoms with Gasteiger partial charge in [-0.1, -0.05) is 11.6 Å². The highest BCUT2D eigenvalue weighted by Crippen LogP contribution is 2.36. The Morgan fingerprint density at radius 1 is 1.09 bits per heavy atom. The van der Waals surface area contributed by atoms with E-state index in [0.717, 1.165) is 16.7 Å². The summed E-state index contributed by atoms with van der Waals surface area (Å²) in [4.78, 5) is 8.93. The largest absolute Gasteiger partial charge is 0.454 e. The lowest BCUT2D eigenvalue weighted by Crippen LogP contribution is -1.93. The molecule has 0 radical (unpaired) electrons. The Morgan fingerprint density at radius 2 is 1.87 bits per heavy atom. The molecular formula is C15H10ClN5O2. The van der Waals surface area contributed by atoms with Gasteiger partial charge in [0.15, 0.2) is 11.5 Å². The van der Waals surface area contributed by atoms with Crippen molar-refractivity contribution in [3.05, 3.63) is 41.4 Å². The van der Waals surface area contributed by atoms with Crippen LogP contribution in [0.1, 0.15) is 0 Å². The molecule has 1 aliphatic heterocycles. The number of ether oxygens (including phenoxy) is 2. The number of imidazole rings is 1. The monoisotopic (exact) mass is 327 g/mol. The SMILES string of the molecule is Clc1ccc(Nc2nc3nc4cc5c(cc4n3[nH]2)OCO5)cc1. The lowest BCUT2D eigenvalue weighted by molar-refractivity contribution is 0.174. The third-order valence-electron chi connectivity index (χ3n) is 3.67. The Labute approximate surface area is 134 Å². The molecule has 23 heavy (non-hydrogen) atoms. The highest BCUT2D eigenvalue weighted by molar-refractivity contribution is 6.30. The van der Waals surface area contributed by atoms with Crippen molar-refractivity contribution in [2.45, 2.75) is 0 Å². The van der Waals surface area contributed by atoms with Crippen molar-refractivity contribution < 1.29 is 9.47 Å². The van der Waals surface area contributed by atoms with Crippen molar-refractivity contribution in [2.24, 2.45) is 0 Å². The molecule has 0 spiro atoms. The molecule has 0 bridgehead atoms. The maximum Gasteiger partial charge on any atom is 0.253 e. The minimum atomic E-state index is 0.238. The van der Waals surface area contributed by atoms with Crippen LogP contribution in [0.4, 0.5) is 11.6 Å². The van der Waals surface area contributed by atoms with Gasteiger partial charge in [-0.15, -0.1) is 0 Å². The summed E-state index contributed by atoms with van der Waals surface area (Å²) in [6.45, 7) is 0.238. The summed E-state index contributed by atoms with van der Waals surface area (Å²) in [5.41, 5.74) is 2.56. The Morgan fingerprint density at radius 3 is 2.70 bits per heavy atom. The molecule has 0 saturated carbocycles. The first kappa shape index (κ1) is 12.6. The van der Waals surface area contributed by atoms with Gasteiger partial charge in [0.25, 0.3) is 5.78 Å². The fourth-order valence-corrected chi connectivity index (χ4v) is 2.72. The van der Waals surface area contributed by atoms with E-state index in [1.807, 2.05) is 36.4 Å². The third kappa shape index (κ3) is 1.97. The topological polar surface area (TPSA) is 76.5 Å². The van der Waals surface area contributed by atoms with Crippen molar-refractivity contribution in [1.29, 1.82) is 0 Å². The highest BCUT2D eigenvalue weighted by atomic mass is 35.5. The summed E-state index contributed by atoms with van der Waals surface area (Å²) >= 11 is 5.89. The number of benzene rings is 2. The number of anilines is 2. The first-order valence-electron chi connectivity index (χ1n) is 6.97. The average molecular weight is 328 g/mol. The predicted molar refractivity (Wildman–Crippen MR) is 85.7 cm³/mol. The van der Waals surface area contributed by atoms with Gasteiger partial charge in [-0.2, -0.15) is 4.98 Å². The van der Waals surface area contributed by atoms with Crippen molar-refractivity contribution >= 4 is 40.0 Å². The zero-order valence-electron chi connectivity index (χ0n) is 11.7. The molecular weight excluding hydrogens is 318 g/mol. The van der Waals surface area contributed by atoms with E-state index in [4.69, 9.17) is 21.1 Å². The number of hydrogen-bond acceptors (Lipinski definition) is 5. The van der Waals surface area contributed by atoms with Crippen LogP contribution in [0.25, 0.3) is 16.8 Å². The molecule has 0 saturated heterocycles. The fraction of sp³-hybridized carbons (Fsp3) is 0.0667. The number of rotatable bonds is 2. The highest BCUT2D eigenvalue weighted by Gasteiger charge is 2.18. The summed E-state index contributed by atoms with van der Waals surface area (Å²) in [6, 6.07) is 11.1. The molecule has 7 nitrogen and oxygen atoms in total. The molecule has 2 aromatic heterocycles. The van der Waals surface area contributed by atoms with E-state index >= 15 is 0 Å². The first-order valence-corrected chi connectivity index (χ1v) is 7.34. The molecule has 4 aromatic rings. The van der Waals surface area contributed by atoms with Gasteiger partial charge in [0.05, 0.1) is 11.0 Å². The van der Waals surface area contributed by atoms with E-state index < -0.39 is 0 Å². The van der Waals surface area contributed by atoms with Crippen LogP contribution in [-0.2, 0) is 0 Å². The van der Waals surface area contributed by atoms with E-state index in [2.05, 4.69) is 20.4 Å². The van der Waals surface area contributed by atoms with E-state index in [1.54, 1.807) is 4.52 Å². The summed E-state index contributed by atoms with van der Waals surface area (Å²) in [7, 11) is 0. The standard InChI is InChI=1S/C15H10ClN5O2/c16-8-1-3-9(4-2-8)17-14-19-15-18-10-5-12-13(23-7-22-12)6-11(10)21(15)20-14/h1-6H,7H2,(H2,17,18,19,20). The second kappa shape index (κ2) is 4.53. The van der Waals surface area contributed by atoms with Crippen molar-refractivity contribution in [1.82, 2.24) is 19.6 Å². The zero-order chi connectivity index (χ0) is 15.4. The normalized spacial score (nSPS) is 13.1. The molecule has 114 valence electrons. The van der Waals surface area contributed by atoms with Gasteiger partial charge in [0.1, 0.15) is 0 Å². The zero-order valence-corrected chi connectivity index (χ0v) is 12.5. The lowest BCUT2D eigenvalue weighted by Gasteiger charge is -2.02. The number of halogens is 1. The van der Waals surface area contributed by atoms with Crippen molar-refractivity contribution in [2.75, 3.05) is 12.1 Å². The third-order valence-corrected chi connectivity index (χ3v) is 3.92. The van der Waals surface area contributed by atoms with E-state index in [0.29, 0.717) is 28.2 Å². The molecule has 0 amide bonds. The first-order chi connectivity index (χ1) is 11.3. The number of aromatic amines is 1. The molecule has 1 aliphatic rings. The number of H-pyrrole nitrogens is 1. The molecule has 0 unspecified atom stereocenters. The Kier molecular flexibility index (Phi) is 2.48. The number of aromatic nitrogens is 4. The minimum absolute atomic E-state index is 0.238. The Bertz CT molecular complexity index is 1040. The molecule has 5 rings (SSSR count). The molecule has 2 aromatic carbocycles.